The van der Waals surface area contributed by atoms with Crippen LogP contribution >= 0.6 is 0 Å². The van der Waals surface area contributed by atoms with Gasteiger partial charge in [-0.15, -0.1) is 0 Å². The predicted octanol–water partition coefficient (Wildman–Crippen LogP) is 5.64. The van der Waals surface area contributed by atoms with E-state index >= 15 is 0 Å². The number of carbonyl (C=O) groups is 1. The van der Waals surface area contributed by atoms with Crippen molar-refractivity contribution in [1.82, 2.24) is 5.32 Å². The van der Waals surface area contributed by atoms with Crippen LogP contribution in [-0.2, 0) is 10.2 Å². The van der Waals surface area contributed by atoms with Crippen molar-refractivity contribution in [3.05, 3.63) is 64.7 Å². The minimum atomic E-state index is -0.498. The van der Waals surface area contributed by atoms with E-state index in [0.717, 1.165) is 22.4 Å². The van der Waals surface area contributed by atoms with Crippen molar-refractivity contribution in [2.45, 2.75) is 72.4 Å². The van der Waals surface area contributed by atoms with E-state index < -0.39 is 6.10 Å². The first-order chi connectivity index (χ1) is 12.6. The van der Waals surface area contributed by atoms with Crippen LogP contribution in [-0.4, -0.2) is 12.0 Å². The lowest BCUT2D eigenvalue weighted by Crippen LogP contribution is -2.39. The Hall–Kier alpha value is -2.29. The third kappa shape index (κ3) is 5.35. The lowest BCUT2D eigenvalue weighted by Gasteiger charge is -2.23. The van der Waals surface area contributed by atoms with Gasteiger partial charge in [-0.2, -0.15) is 0 Å². The van der Waals surface area contributed by atoms with Gasteiger partial charge in [0.05, 0.1) is 6.04 Å². The lowest BCUT2D eigenvalue weighted by atomic mass is 9.86. The summed E-state index contributed by atoms with van der Waals surface area (Å²) in [6, 6.07) is 14.3. The summed E-state index contributed by atoms with van der Waals surface area (Å²) >= 11 is 0. The van der Waals surface area contributed by atoms with Crippen molar-refractivity contribution in [2.75, 3.05) is 0 Å². The van der Waals surface area contributed by atoms with Crippen LogP contribution in [0.3, 0.4) is 0 Å². The van der Waals surface area contributed by atoms with Gasteiger partial charge in [0.25, 0.3) is 5.91 Å². The van der Waals surface area contributed by atoms with Crippen LogP contribution in [0.15, 0.2) is 42.5 Å². The van der Waals surface area contributed by atoms with Crippen LogP contribution in [0.5, 0.6) is 5.75 Å². The Kier molecular flexibility index (Phi) is 6.69. The molecule has 27 heavy (non-hydrogen) atoms. The molecule has 0 saturated carbocycles. The Balaban J connectivity index is 2.06. The van der Waals surface area contributed by atoms with Gasteiger partial charge in [0.15, 0.2) is 6.10 Å². The van der Waals surface area contributed by atoms with Crippen LogP contribution in [0.2, 0.25) is 0 Å². The van der Waals surface area contributed by atoms with Crippen molar-refractivity contribution in [2.24, 2.45) is 0 Å². The number of benzene rings is 2. The SMILES string of the molecule is CC[C@@H](Oc1cccc(C)c1C)C(=O)N[C@@H](C)c1ccc(C(C)(C)C)cc1. The zero-order chi connectivity index (χ0) is 20.2. The molecule has 0 heterocycles. The molecule has 0 fully saturated rings. The molecule has 0 unspecified atom stereocenters. The Bertz CT molecular complexity index is 772. The Morgan fingerprint density at radius 2 is 1.70 bits per heavy atom. The summed E-state index contributed by atoms with van der Waals surface area (Å²) in [7, 11) is 0. The molecular formula is C24H33NO2. The molecule has 2 rings (SSSR count). The summed E-state index contributed by atoms with van der Waals surface area (Å²) in [5.74, 6) is 0.699. The van der Waals surface area contributed by atoms with Gasteiger partial charge in [0.1, 0.15) is 5.75 Å². The molecule has 3 nitrogen and oxygen atoms in total. The fourth-order valence-corrected chi connectivity index (χ4v) is 2.99. The topological polar surface area (TPSA) is 38.3 Å². The number of carbonyl (C=O) groups excluding carboxylic acids is 1. The summed E-state index contributed by atoms with van der Waals surface area (Å²) in [5, 5.41) is 3.10. The molecule has 2 aromatic carbocycles. The van der Waals surface area contributed by atoms with E-state index in [9.17, 15) is 4.79 Å². The molecule has 1 N–H and O–H groups in total. The van der Waals surface area contributed by atoms with Gasteiger partial charge < -0.3 is 10.1 Å². The number of hydrogen-bond acceptors (Lipinski definition) is 2. The number of rotatable bonds is 6. The van der Waals surface area contributed by atoms with Crippen molar-refractivity contribution in [3.63, 3.8) is 0 Å². The van der Waals surface area contributed by atoms with Crippen molar-refractivity contribution < 1.29 is 9.53 Å². The molecule has 2 aromatic rings. The lowest BCUT2D eigenvalue weighted by molar-refractivity contribution is -0.128. The maximum absolute atomic E-state index is 12.7. The van der Waals surface area contributed by atoms with Gasteiger partial charge in [-0.25, -0.2) is 0 Å². The highest BCUT2D eigenvalue weighted by atomic mass is 16.5. The molecule has 0 aliphatic rings. The van der Waals surface area contributed by atoms with Crippen LogP contribution in [0.4, 0.5) is 0 Å². The van der Waals surface area contributed by atoms with Crippen molar-refractivity contribution in [3.8, 4) is 5.75 Å². The molecule has 0 saturated heterocycles. The molecule has 0 aromatic heterocycles. The van der Waals surface area contributed by atoms with Gasteiger partial charge in [0.2, 0.25) is 0 Å². The van der Waals surface area contributed by atoms with Crippen LogP contribution in [0.25, 0.3) is 0 Å². The molecule has 0 spiro atoms. The second-order valence-electron chi connectivity index (χ2n) is 8.32. The zero-order valence-electron chi connectivity index (χ0n) is 17.7. The van der Waals surface area contributed by atoms with E-state index in [-0.39, 0.29) is 17.4 Å². The molecule has 0 bridgehead atoms. The Morgan fingerprint density at radius 1 is 1.07 bits per heavy atom. The van der Waals surface area contributed by atoms with E-state index in [2.05, 4.69) is 50.4 Å². The smallest absolute Gasteiger partial charge is 0.261 e. The summed E-state index contributed by atoms with van der Waals surface area (Å²) in [6.45, 7) is 14.6. The maximum Gasteiger partial charge on any atom is 0.261 e. The average molecular weight is 368 g/mol. The highest BCUT2D eigenvalue weighted by molar-refractivity contribution is 5.81. The van der Waals surface area contributed by atoms with E-state index in [1.54, 1.807) is 0 Å². The zero-order valence-corrected chi connectivity index (χ0v) is 17.7. The van der Waals surface area contributed by atoms with Gasteiger partial charge in [-0.3, -0.25) is 4.79 Å². The highest BCUT2D eigenvalue weighted by Gasteiger charge is 2.22. The van der Waals surface area contributed by atoms with E-state index in [0.29, 0.717) is 6.42 Å². The fourth-order valence-electron chi connectivity index (χ4n) is 2.99. The third-order valence-corrected chi connectivity index (χ3v) is 5.12. The summed E-state index contributed by atoms with van der Waals surface area (Å²) in [6.07, 6.45) is 0.122. The fraction of sp³-hybridized carbons (Fsp3) is 0.458. The quantitative estimate of drug-likeness (QED) is 0.718. The van der Waals surface area contributed by atoms with Crippen LogP contribution < -0.4 is 10.1 Å². The minimum Gasteiger partial charge on any atom is -0.480 e. The number of nitrogens with one attached hydrogen (secondary N) is 1. The molecule has 0 aliphatic heterocycles. The second-order valence-corrected chi connectivity index (χ2v) is 8.32. The van der Waals surface area contributed by atoms with Gasteiger partial charge in [-0.1, -0.05) is 64.1 Å². The largest absolute Gasteiger partial charge is 0.480 e. The van der Waals surface area contributed by atoms with Crippen LogP contribution in [0.1, 0.15) is 69.3 Å². The number of ether oxygens (including phenoxy) is 1. The molecule has 0 radical (unpaired) electrons. The molecule has 3 heteroatoms. The van der Waals surface area contributed by atoms with Crippen molar-refractivity contribution >= 4 is 5.91 Å². The normalized spacial score (nSPS) is 13.7. The van der Waals surface area contributed by atoms with Crippen molar-refractivity contribution in [1.29, 1.82) is 0 Å². The van der Waals surface area contributed by atoms with Crippen LogP contribution in [0, 0.1) is 13.8 Å². The summed E-state index contributed by atoms with van der Waals surface area (Å²) in [4.78, 5) is 12.7. The van der Waals surface area contributed by atoms with E-state index in [4.69, 9.17) is 4.74 Å². The van der Waals surface area contributed by atoms with Gasteiger partial charge in [0, 0.05) is 0 Å². The van der Waals surface area contributed by atoms with Gasteiger partial charge >= 0.3 is 0 Å². The monoisotopic (exact) mass is 367 g/mol. The van der Waals surface area contributed by atoms with E-state index in [1.807, 2.05) is 45.9 Å². The average Bonchev–Trinajstić information content (AvgIpc) is 2.62. The molecular weight excluding hydrogens is 334 g/mol. The Morgan fingerprint density at radius 3 is 2.26 bits per heavy atom. The molecule has 0 aliphatic carbocycles. The number of aryl methyl sites for hydroxylation is 1. The second kappa shape index (κ2) is 8.60. The standard InChI is InChI=1S/C24H33NO2/c1-8-21(27-22-11-9-10-16(2)17(22)3)23(26)25-18(4)19-12-14-20(15-13-19)24(5,6)7/h9-15,18,21H,8H2,1-7H3,(H,25,26)/t18-,21+/m0/s1. The number of hydrogen-bond donors (Lipinski definition) is 1. The molecule has 1 amide bonds. The van der Waals surface area contributed by atoms with E-state index in [1.165, 1.54) is 5.56 Å². The highest BCUT2D eigenvalue weighted by Crippen LogP contribution is 2.25. The molecule has 146 valence electrons. The predicted molar refractivity (Wildman–Crippen MR) is 112 cm³/mol. The molecule has 2 atom stereocenters. The summed E-state index contributed by atoms with van der Waals surface area (Å²) in [5.41, 5.74) is 4.75. The minimum absolute atomic E-state index is 0.0669. The summed E-state index contributed by atoms with van der Waals surface area (Å²) < 4.78 is 6.03. The number of amides is 1. The first kappa shape index (κ1) is 21.0. The Labute approximate surface area is 164 Å². The first-order valence-corrected chi connectivity index (χ1v) is 9.77. The first-order valence-electron chi connectivity index (χ1n) is 9.77. The maximum atomic E-state index is 12.7. The third-order valence-electron chi connectivity index (χ3n) is 5.12. The van der Waals surface area contributed by atoms with Gasteiger partial charge in [-0.05, 0) is 60.9 Å².